The van der Waals surface area contributed by atoms with E-state index in [1.165, 1.54) is 19.2 Å². The minimum Gasteiger partial charge on any atom is -0.465 e. The fourth-order valence-corrected chi connectivity index (χ4v) is 2.07. The van der Waals surface area contributed by atoms with Gasteiger partial charge in [-0.25, -0.2) is 4.79 Å². The number of hydrogen-bond acceptors (Lipinski definition) is 3. The van der Waals surface area contributed by atoms with Crippen LogP contribution in [0.4, 0.5) is 8.78 Å². The second kappa shape index (κ2) is 6.16. The molecule has 0 atom stereocenters. The molecule has 0 N–H and O–H groups in total. The van der Waals surface area contributed by atoms with Gasteiger partial charge < -0.3 is 9.47 Å². The van der Waals surface area contributed by atoms with Crippen LogP contribution < -0.4 is 4.74 Å². The summed E-state index contributed by atoms with van der Waals surface area (Å²) in [6.45, 7) is -2.97. The van der Waals surface area contributed by atoms with Crippen LogP contribution in [-0.2, 0) is 10.1 Å². The lowest BCUT2D eigenvalue weighted by atomic mass is 10.1. The lowest BCUT2D eigenvalue weighted by Gasteiger charge is -2.13. The smallest absolute Gasteiger partial charge is 0.387 e. The highest BCUT2D eigenvalue weighted by atomic mass is 79.9. The number of carbonyl (C=O) groups is 1. The van der Waals surface area contributed by atoms with Crippen LogP contribution in [0.2, 0.25) is 5.02 Å². The van der Waals surface area contributed by atoms with Crippen LogP contribution in [0.1, 0.15) is 15.9 Å². The van der Waals surface area contributed by atoms with Gasteiger partial charge in [0.05, 0.1) is 17.7 Å². The molecule has 1 aromatic rings. The van der Waals surface area contributed by atoms with Crippen LogP contribution in [0.3, 0.4) is 0 Å². The number of esters is 1. The third kappa shape index (κ3) is 3.29. The van der Waals surface area contributed by atoms with Crippen molar-refractivity contribution in [2.45, 2.75) is 11.9 Å². The summed E-state index contributed by atoms with van der Waals surface area (Å²) >= 11 is 8.92. The number of ether oxygens (including phenoxy) is 2. The van der Waals surface area contributed by atoms with Crippen molar-refractivity contribution in [1.29, 1.82) is 0 Å². The molecule has 1 rings (SSSR count). The Hall–Kier alpha value is -0.880. The van der Waals surface area contributed by atoms with E-state index in [1.807, 2.05) is 0 Å². The summed E-state index contributed by atoms with van der Waals surface area (Å²) in [6.07, 6.45) is 0. The Labute approximate surface area is 110 Å². The largest absolute Gasteiger partial charge is 0.465 e. The third-order valence-electron chi connectivity index (χ3n) is 1.96. The molecule has 94 valence electrons. The van der Waals surface area contributed by atoms with E-state index in [0.29, 0.717) is 0 Å². The van der Waals surface area contributed by atoms with Crippen LogP contribution in [0.25, 0.3) is 0 Å². The van der Waals surface area contributed by atoms with Crippen molar-refractivity contribution < 1.29 is 23.0 Å². The molecule has 0 heterocycles. The maximum Gasteiger partial charge on any atom is 0.387 e. The maximum atomic E-state index is 12.2. The second-order valence-electron chi connectivity index (χ2n) is 2.90. The lowest BCUT2D eigenvalue weighted by molar-refractivity contribution is -0.0504. The van der Waals surface area contributed by atoms with E-state index in [0.717, 1.165) is 0 Å². The number of methoxy groups -OCH3 is 1. The number of halogens is 4. The molecule has 0 aliphatic rings. The molecular formula is C10H8BrClF2O3. The lowest BCUT2D eigenvalue weighted by Crippen LogP contribution is -2.10. The summed E-state index contributed by atoms with van der Waals surface area (Å²) in [5.74, 6) is -0.814. The first-order valence-corrected chi connectivity index (χ1v) is 5.91. The third-order valence-corrected chi connectivity index (χ3v) is 2.83. The van der Waals surface area contributed by atoms with Gasteiger partial charge in [0.25, 0.3) is 0 Å². The van der Waals surface area contributed by atoms with Gasteiger partial charge in [-0.05, 0) is 12.1 Å². The van der Waals surface area contributed by atoms with Gasteiger partial charge in [-0.3, -0.25) is 0 Å². The molecule has 0 aromatic heterocycles. The van der Waals surface area contributed by atoms with Crippen molar-refractivity contribution in [3.8, 4) is 5.75 Å². The van der Waals surface area contributed by atoms with Crippen molar-refractivity contribution in [2.24, 2.45) is 0 Å². The Bertz CT molecular complexity index is 426. The maximum absolute atomic E-state index is 12.2. The highest BCUT2D eigenvalue weighted by Gasteiger charge is 2.21. The van der Waals surface area contributed by atoms with Gasteiger partial charge >= 0.3 is 12.6 Å². The van der Waals surface area contributed by atoms with Gasteiger partial charge in [-0.15, -0.1) is 0 Å². The number of carbonyl (C=O) groups excluding carboxylic acids is 1. The van der Waals surface area contributed by atoms with E-state index in [2.05, 4.69) is 25.4 Å². The number of alkyl halides is 3. The highest BCUT2D eigenvalue weighted by Crippen LogP contribution is 2.32. The molecule has 0 saturated carbocycles. The summed E-state index contributed by atoms with van der Waals surface area (Å²) in [7, 11) is 1.18. The predicted molar refractivity (Wildman–Crippen MR) is 62.1 cm³/mol. The van der Waals surface area contributed by atoms with E-state index in [-0.39, 0.29) is 27.2 Å². The summed E-state index contributed by atoms with van der Waals surface area (Å²) < 4.78 is 33.2. The zero-order valence-electron chi connectivity index (χ0n) is 8.68. The Kier molecular flexibility index (Phi) is 5.14. The van der Waals surface area contributed by atoms with Crippen molar-refractivity contribution in [3.05, 3.63) is 28.3 Å². The molecule has 3 nitrogen and oxygen atoms in total. The fraction of sp³-hybridized carbons (Fsp3) is 0.300. The molecule has 0 radical (unpaired) electrons. The topological polar surface area (TPSA) is 35.5 Å². The first-order chi connectivity index (χ1) is 8.01. The Morgan fingerprint density at radius 2 is 2.18 bits per heavy atom. The minimum atomic E-state index is -2.97. The molecule has 0 spiro atoms. The second-order valence-corrected chi connectivity index (χ2v) is 3.87. The van der Waals surface area contributed by atoms with Crippen LogP contribution >= 0.6 is 27.5 Å². The molecule has 0 fully saturated rings. The average molecular weight is 330 g/mol. The van der Waals surface area contributed by atoms with Crippen LogP contribution in [-0.4, -0.2) is 19.7 Å². The molecule has 0 aliphatic carbocycles. The SMILES string of the molecule is COC(=O)c1c(Cl)ccc(OC(F)F)c1CBr. The summed E-state index contributed by atoms with van der Waals surface area (Å²) in [5, 5.41) is 0.257. The highest BCUT2D eigenvalue weighted by molar-refractivity contribution is 9.08. The standard InChI is InChI=1S/C10H8BrClF2O3/c1-16-9(15)8-5(4-11)7(17-10(13)14)3-2-6(8)12/h2-3,10H,4H2,1H3. The fourth-order valence-electron chi connectivity index (χ4n) is 1.26. The molecule has 1 aromatic carbocycles. The van der Waals surface area contributed by atoms with Gasteiger partial charge in [-0.2, -0.15) is 8.78 Å². The van der Waals surface area contributed by atoms with Gasteiger partial charge in [0.15, 0.2) is 0 Å². The normalized spacial score (nSPS) is 10.5. The van der Waals surface area contributed by atoms with E-state index in [9.17, 15) is 13.6 Å². The summed E-state index contributed by atoms with van der Waals surface area (Å²) in [6, 6.07) is 2.58. The molecule has 0 bridgehead atoms. The molecule has 0 unspecified atom stereocenters. The van der Waals surface area contributed by atoms with Gasteiger partial charge in [-0.1, -0.05) is 27.5 Å². The van der Waals surface area contributed by atoms with E-state index in [1.54, 1.807) is 0 Å². The summed E-state index contributed by atoms with van der Waals surface area (Å²) in [5.41, 5.74) is 0.244. The molecule has 0 aliphatic heterocycles. The molecule has 0 saturated heterocycles. The van der Waals surface area contributed by atoms with Gasteiger partial charge in [0, 0.05) is 10.9 Å². The van der Waals surface area contributed by atoms with E-state index < -0.39 is 12.6 Å². The van der Waals surface area contributed by atoms with E-state index >= 15 is 0 Å². The van der Waals surface area contributed by atoms with Crippen molar-refractivity contribution in [3.63, 3.8) is 0 Å². The van der Waals surface area contributed by atoms with E-state index in [4.69, 9.17) is 11.6 Å². The Morgan fingerprint density at radius 3 is 2.65 bits per heavy atom. The summed E-state index contributed by atoms with van der Waals surface area (Å²) in [4.78, 5) is 11.5. The molecule has 0 amide bonds. The average Bonchev–Trinajstić information content (AvgIpc) is 2.29. The molecule has 7 heteroatoms. The molecule has 17 heavy (non-hydrogen) atoms. The first-order valence-electron chi connectivity index (χ1n) is 4.41. The first kappa shape index (κ1) is 14.2. The van der Waals surface area contributed by atoms with Crippen molar-refractivity contribution >= 4 is 33.5 Å². The van der Waals surface area contributed by atoms with Gasteiger partial charge in [0.1, 0.15) is 5.75 Å². The number of benzene rings is 1. The van der Waals surface area contributed by atoms with Crippen LogP contribution in [0, 0.1) is 0 Å². The Morgan fingerprint density at radius 1 is 1.53 bits per heavy atom. The van der Waals surface area contributed by atoms with Gasteiger partial charge in [0.2, 0.25) is 0 Å². The minimum absolute atomic E-state index is 0.0178. The quantitative estimate of drug-likeness (QED) is 0.625. The van der Waals surface area contributed by atoms with Crippen LogP contribution in [0.5, 0.6) is 5.75 Å². The zero-order valence-corrected chi connectivity index (χ0v) is 11.0. The Balaban J connectivity index is 3.31. The zero-order chi connectivity index (χ0) is 13.0. The number of hydrogen-bond donors (Lipinski definition) is 0. The van der Waals surface area contributed by atoms with Crippen LogP contribution in [0.15, 0.2) is 12.1 Å². The number of rotatable bonds is 4. The van der Waals surface area contributed by atoms with Crippen molar-refractivity contribution in [2.75, 3.05) is 7.11 Å². The predicted octanol–water partition coefficient (Wildman–Crippen LogP) is 3.62. The monoisotopic (exact) mass is 328 g/mol. The van der Waals surface area contributed by atoms with Crippen molar-refractivity contribution in [1.82, 2.24) is 0 Å². The molecular weight excluding hydrogens is 321 g/mol.